The number of rotatable bonds is 13. The van der Waals surface area contributed by atoms with Crippen molar-refractivity contribution >= 4 is 74.1 Å². The standard InChI is InChI=1S/C42H47FN8O6.C40H45FN8O5/c1-24(52)56-23-31-30(10-9-11-35(31)51-39(54)37-25(19-45-51)16-26(17-32(37)43)41(2,3)4)33-18-34(38(53)48(8)47-33)46-36-15-14-27(20-44-36)50-28-12-13-29(50)22-49(21-28)40(55)57-42(5,6)7;1-39(2,3)24-15-23-18-43-49(37(52)35(23)30(41)16-24)33-10-8-9-28(29(33)22-50)31-17-32(36(51)46(7)45-31)44-34-14-13-25(19-42-34)48-26-11-12-27(48)21-47(20-26)38(53)54-40(4,5)6/h9-11,14-20,28-29H,12-13,21-23H2,1-8H3,(H,44,46);8-10,13-19,26-27,50H,11-12,20-22H2,1-7H3,(H,42,44). The Kier molecular flexibility index (Phi) is 20.9. The second-order valence-corrected chi connectivity index (χ2v) is 32.8. The van der Waals surface area contributed by atoms with Gasteiger partial charge in [-0.05, 0) is 162 Å². The quantitative estimate of drug-likeness (QED) is 0.0713. The van der Waals surface area contributed by atoms with E-state index < -0.39 is 57.6 Å². The number of hydrogen-bond donors (Lipinski definition) is 3. The van der Waals surface area contributed by atoms with Gasteiger partial charge in [0.25, 0.3) is 22.2 Å². The Morgan fingerprint density at radius 3 is 1.25 bits per heavy atom. The van der Waals surface area contributed by atoms with Gasteiger partial charge in [-0.3, -0.25) is 24.0 Å². The van der Waals surface area contributed by atoms with Crippen LogP contribution >= 0.6 is 0 Å². The lowest BCUT2D eigenvalue weighted by Crippen LogP contribution is -2.56. The third kappa shape index (κ3) is 16.2. The van der Waals surface area contributed by atoms with Gasteiger partial charge in [0, 0.05) is 104 Å². The first-order valence-corrected chi connectivity index (χ1v) is 37.0. The highest BCUT2D eigenvalue weighted by Crippen LogP contribution is 2.40. The average Bonchev–Trinajstić information content (AvgIpc) is 1.76. The van der Waals surface area contributed by atoms with Gasteiger partial charge in [0.15, 0.2) is 0 Å². The van der Waals surface area contributed by atoms with Gasteiger partial charge < -0.3 is 49.6 Å². The molecule has 10 aromatic rings. The van der Waals surface area contributed by atoms with Crippen LogP contribution in [0.2, 0.25) is 0 Å². The van der Waals surface area contributed by atoms with Crippen LogP contribution in [0.4, 0.5) is 52.8 Å². The van der Waals surface area contributed by atoms with E-state index in [1.807, 2.05) is 95.2 Å². The first kappa shape index (κ1) is 77.4. The van der Waals surface area contributed by atoms with Crippen LogP contribution in [0.5, 0.6) is 0 Å². The molecule has 0 aliphatic carbocycles. The van der Waals surface area contributed by atoms with Crippen LogP contribution in [0.15, 0.2) is 141 Å². The number of carbonyl (C=O) groups excluding carboxylic acids is 3. The van der Waals surface area contributed by atoms with Crippen LogP contribution in [0.3, 0.4) is 0 Å². The number of aromatic nitrogens is 10. The molecule has 4 aromatic carbocycles. The van der Waals surface area contributed by atoms with E-state index in [9.17, 15) is 38.7 Å². The molecule has 27 nitrogen and oxygen atoms in total. The molecule has 111 heavy (non-hydrogen) atoms. The van der Waals surface area contributed by atoms with Crippen molar-refractivity contribution in [3.05, 3.63) is 197 Å². The highest BCUT2D eigenvalue weighted by Gasteiger charge is 2.44. The Hall–Kier alpha value is -11.8. The van der Waals surface area contributed by atoms with Gasteiger partial charge in [-0.1, -0.05) is 65.8 Å². The van der Waals surface area contributed by atoms with E-state index in [4.69, 9.17) is 14.2 Å². The topological polar surface area (TPSA) is 301 Å². The molecule has 2 amide bonds. The minimum absolute atomic E-state index is 0.103. The molecule has 10 heterocycles. The zero-order valence-electron chi connectivity index (χ0n) is 65.0. The first-order chi connectivity index (χ1) is 52.4. The maximum atomic E-state index is 15.6. The molecule has 0 radical (unpaired) electrons. The molecule has 14 rings (SSSR count). The molecule has 4 saturated heterocycles. The number of likely N-dealkylation sites (tertiary alicyclic amines) is 2. The number of aliphatic hydroxyl groups is 1. The molecule has 580 valence electrons. The van der Waals surface area contributed by atoms with Crippen molar-refractivity contribution in [2.45, 2.75) is 175 Å². The Morgan fingerprint density at radius 1 is 0.514 bits per heavy atom. The number of hydrogen-bond acceptors (Lipinski definition) is 21. The number of fused-ring (bicyclic) bond motifs is 6. The molecule has 29 heteroatoms. The molecule has 6 aromatic heterocycles. The summed E-state index contributed by atoms with van der Waals surface area (Å²) in [5, 5.41) is 35.2. The molecule has 4 aliphatic heterocycles. The van der Waals surface area contributed by atoms with Crippen LogP contribution in [0, 0.1) is 11.6 Å². The van der Waals surface area contributed by atoms with E-state index >= 15 is 8.78 Å². The molecule has 0 saturated carbocycles. The van der Waals surface area contributed by atoms with Gasteiger partial charge in [-0.25, -0.2) is 37.7 Å². The Bertz CT molecular complexity index is 5540. The van der Waals surface area contributed by atoms with E-state index in [-0.39, 0.29) is 87.3 Å². The second-order valence-electron chi connectivity index (χ2n) is 32.8. The number of pyridine rings is 2. The van der Waals surface area contributed by atoms with Crippen molar-refractivity contribution in [3.8, 4) is 33.9 Å². The predicted molar refractivity (Wildman–Crippen MR) is 420 cm³/mol. The summed E-state index contributed by atoms with van der Waals surface area (Å²) in [6.07, 6.45) is 9.61. The van der Waals surface area contributed by atoms with Crippen molar-refractivity contribution in [2.24, 2.45) is 14.1 Å². The fourth-order valence-corrected chi connectivity index (χ4v) is 15.0. The normalized spacial score (nSPS) is 17.1. The minimum Gasteiger partial charge on any atom is -0.461 e. The van der Waals surface area contributed by atoms with E-state index in [2.05, 4.69) is 50.8 Å². The SMILES string of the molecule is CC(=O)OCc1c(-c2cc(Nc3ccc(N4C5CCC4CN(C(=O)OC(C)(C)C)C5)cn3)c(=O)n(C)n2)cccc1-n1ncc2cc(C(C)(C)C)cc(F)c2c1=O.Cn1nc(-c2cccc(-n3ncc4cc(C(C)(C)C)cc(F)c4c3=O)c2CO)cc(Nc2ccc(N3C4CCC3CN(C(=O)OC(C)(C)C)C4)cn2)c1=O. The smallest absolute Gasteiger partial charge is 0.410 e. The number of carbonyl (C=O) groups is 3. The molecule has 4 atom stereocenters. The van der Waals surface area contributed by atoms with E-state index in [0.717, 1.165) is 57.5 Å². The van der Waals surface area contributed by atoms with E-state index in [1.165, 1.54) is 54.9 Å². The number of nitrogens with one attached hydrogen (secondary N) is 2. The summed E-state index contributed by atoms with van der Waals surface area (Å²) in [6, 6.07) is 27.5. The summed E-state index contributed by atoms with van der Waals surface area (Å²) < 4.78 is 52.2. The number of anilines is 6. The molecular weight excluding hydrogens is 1420 g/mol. The van der Waals surface area contributed by atoms with E-state index in [1.54, 1.807) is 95.0 Å². The fraction of sp³-hybridized carbons (Fsp3) is 0.402. The summed E-state index contributed by atoms with van der Waals surface area (Å²) in [6.45, 7) is 25.7. The molecule has 3 N–H and O–H groups in total. The number of aliphatic hydroxyl groups excluding tert-OH is 1. The lowest BCUT2D eigenvalue weighted by molar-refractivity contribution is -0.142. The third-order valence-corrected chi connectivity index (χ3v) is 20.3. The van der Waals surface area contributed by atoms with Crippen LogP contribution in [0.25, 0.3) is 55.4 Å². The average molecular weight is 1520 g/mol. The lowest BCUT2D eigenvalue weighted by Gasteiger charge is -2.42. The third-order valence-electron chi connectivity index (χ3n) is 20.3. The van der Waals surface area contributed by atoms with Crippen molar-refractivity contribution in [2.75, 3.05) is 46.6 Å². The highest BCUT2D eigenvalue weighted by molar-refractivity contribution is 5.85. The van der Waals surface area contributed by atoms with E-state index in [0.29, 0.717) is 82.2 Å². The summed E-state index contributed by atoms with van der Waals surface area (Å²) in [7, 11) is 3.03. The number of halogens is 2. The Morgan fingerprint density at radius 2 is 0.901 bits per heavy atom. The maximum absolute atomic E-state index is 15.6. The van der Waals surface area contributed by atoms with Crippen molar-refractivity contribution in [3.63, 3.8) is 0 Å². The molecule has 4 unspecified atom stereocenters. The number of benzene rings is 4. The number of aryl methyl sites for hydroxylation is 2. The molecule has 0 spiro atoms. The molecular formula is C82H92F2N16O11. The zero-order valence-corrected chi connectivity index (χ0v) is 65.0. The molecule has 4 bridgehead atoms. The Balaban J connectivity index is 0.000000195. The van der Waals surface area contributed by atoms with Gasteiger partial charge in [-0.15, -0.1) is 0 Å². The largest absolute Gasteiger partial charge is 0.461 e. The summed E-state index contributed by atoms with van der Waals surface area (Å²) >= 11 is 0. The number of esters is 1. The predicted octanol–water partition coefficient (Wildman–Crippen LogP) is 12.2. The number of nitrogens with zero attached hydrogens (tertiary/aromatic N) is 14. The minimum atomic E-state index is -0.685. The van der Waals surface area contributed by atoms with Crippen LogP contribution < -0.4 is 42.7 Å². The van der Waals surface area contributed by atoms with Crippen LogP contribution in [-0.4, -0.2) is 144 Å². The number of piperazine rings is 2. The molecule has 4 aliphatic rings. The van der Waals surface area contributed by atoms with Gasteiger partial charge in [0.1, 0.15) is 52.5 Å². The second kappa shape index (κ2) is 29.9. The summed E-state index contributed by atoms with van der Waals surface area (Å²) in [5.74, 6) is -1.01. The number of ether oxygens (including phenoxy) is 3. The summed E-state index contributed by atoms with van der Waals surface area (Å²) in [5.41, 5.74) is 2.46. The Labute approximate surface area is 639 Å². The first-order valence-electron chi connectivity index (χ1n) is 37.0. The zero-order chi connectivity index (χ0) is 79.7. The van der Waals surface area contributed by atoms with Crippen LogP contribution in [-0.2, 0) is 57.1 Å². The van der Waals surface area contributed by atoms with Crippen molar-refractivity contribution in [1.82, 2.24) is 58.9 Å². The molecule has 4 fully saturated rings. The monoisotopic (exact) mass is 1510 g/mol. The van der Waals surface area contributed by atoms with Crippen molar-refractivity contribution in [1.29, 1.82) is 0 Å². The van der Waals surface area contributed by atoms with Gasteiger partial charge in [0.2, 0.25) is 0 Å². The van der Waals surface area contributed by atoms with Crippen LogP contribution in [0.1, 0.15) is 138 Å². The maximum Gasteiger partial charge on any atom is 0.410 e. The number of amides is 2. The van der Waals surface area contributed by atoms with Gasteiger partial charge >= 0.3 is 18.2 Å². The van der Waals surface area contributed by atoms with Gasteiger partial charge in [-0.2, -0.15) is 29.8 Å². The van der Waals surface area contributed by atoms with Gasteiger partial charge in [0.05, 0.1) is 76.3 Å². The highest BCUT2D eigenvalue weighted by atomic mass is 19.1. The lowest BCUT2D eigenvalue weighted by atomic mass is 9.86. The van der Waals surface area contributed by atoms with Crippen molar-refractivity contribution < 1.29 is 42.5 Å². The summed E-state index contributed by atoms with van der Waals surface area (Å²) in [4.78, 5) is 109. The fourth-order valence-electron chi connectivity index (χ4n) is 15.0.